The molecule has 84 valence electrons. The zero-order chi connectivity index (χ0) is 11.5. The summed E-state index contributed by atoms with van der Waals surface area (Å²) in [5.74, 6) is 0.0308. The number of amides is 1. The molecule has 16 heavy (non-hydrogen) atoms. The SMILES string of the molecule is CCN(CC)C(=O)c1ccc2ncoc2c1. The van der Waals surface area contributed by atoms with E-state index < -0.39 is 0 Å². The van der Waals surface area contributed by atoms with E-state index in [9.17, 15) is 4.79 Å². The van der Waals surface area contributed by atoms with Gasteiger partial charge in [0.2, 0.25) is 0 Å². The van der Waals surface area contributed by atoms with Gasteiger partial charge in [-0.3, -0.25) is 4.79 Å². The van der Waals surface area contributed by atoms with Crippen LogP contribution in [0.25, 0.3) is 11.1 Å². The molecule has 0 fully saturated rings. The van der Waals surface area contributed by atoms with Crippen molar-refractivity contribution >= 4 is 17.0 Å². The summed E-state index contributed by atoms with van der Waals surface area (Å²) in [6.07, 6.45) is 1.39. The first kappa shape index (κ1) is 10.7. The van der Waals surface area contributed by atoms with Crippen molar-refractivity contribution in [3.63, 3.8) is 0 Å². The Morgan fingerprint density at radius 2 is 2.12 bits per heavy atom. The number of hydrogen-bond acceptors (Lipinski definition) is 3. The Balaban J connectivity index is 2.35. The molecule has 0 N–H and O–H groups in total. The molecule has 0 radical (unpaired) electrons. The van der Waals surface area contributed by atoms with Crippen molar-refractivity contribution in [2.45, 2.75) is 13.8 Å². The maximum absolute atomic E-state index is 12.0. The summed E-state index contributed by atoms with van der Waals surface area (Å²) < 4.78 is 5.17. The lowest BCUT2D eigenvalue weighted by atomic mass is 10.2. The van der Waals surface area contributed by atoms with Crippen LogP contribution in [0.2, 0.25) is 0 Å². The van der Waals surface area contributed by atoms with Gasteiger partial charge in [0, 0.05) is 18.7 Å². The van der Waals surface area contributed by atoms with Gasteiger partial charge in [0.15, 0.2) is 12.0 Å². The molecule has 0 aliphatic heterocycles. The minimum absolute atomic E-state index is 0.0308. The highest BCUT2D eigenvalue weighted by Gasteiger charge is 2.13. The molecule has 0 saturated heterocycles. The molecule has 4 nitrogen and oxygen atoms in total. The van der Waals surface area contributed by atoms with E-state index in [1.165, 1.54) is 6.39 Å². The summed E-state index contributed by atoms with van der Waals surface area (Å²) >= 11 is 0. The predicted octanol–water partition coefficient (Wildman–Crippen LogP) is 2.31. The van der Waals surface area contributed by atoms with Crippen LogP contribution in [0.5, 0.6) is 0 Å². The zero-order valence-corrected chi connectivity index (χ0v) is 9.43. The Kier molecular flexibility index (Phi) is 2.90. The Labute approximate surface area is 93.9 Å². The Morgan fingerprint density at radius 1 is 1.38 bits per heavy atom. The van der Waals surface area contributed by atoms with Crippen LogP contribution in [0.15, 0.2) is 29.0 Å². The van der Waals surface area contributed by atoms with Crippen LogP contribution in [0.1, 0.15) is 24.2 Å². The first-order valence-electron chi connectivity index (χ1n) is 5.38. The summed E-state index contributed by atoms with van der Waals surface area (Å²) in [7, 11) is 0. The topological polar surface area (TPSA) is 46.3 Å². The normalized spacial score (nSPS) is 10.6. The quantitative estimate of drug-likeness (QED) is 0.794. The minimum Gasteiger partial charge on any atom is -0.443 e. The van der Waals surface area contributed by atoms with Gasteiger partial charge >= 0.3 is 0 Å². The number of oxazole rings is 1. The van der Waals surface area contributed by atoms with E-state index in [1.807, 2.05) is 13.8 Å². The number of hydrogen-bond donors (Lipinski definition) is 0. The highest BCUT2D eigenvalue weighted by molar-refractivity contribution is 5.96. The maximum atomic E-state index is 12.0. The lowest BCUT2D eigenvalue weighted by Gasteiger charge is -2.18. The van der Waals surface area contributed by atoms with Crippen molar-refractivity contribution in [1.29, 1.82) is 0 Å². The van der Waals surface area contributed by atoms with E-state index in [0.717, 1.165) is 5.52 Å². The van der Waals surface area contributed by atoms with Gasteiger partial charge in [-0.15, -0.1) is 0 Å². The number of fused-ring (bicyclic) bond motifs is 1. The van der Waals surface area contributed by atoms with Crippen molar-refractivity contribution in [2.24, 2.45) is 0 Å². The maximum Gasteiger partial charge on any atom is 0.253 e. The summed E-state index contributed by atoms with van der Waals surface area (Å²) in [6.45, 7) is 5.36. The van der Waals surface area contributed by atoms with Gasteiger partial charge in [-0.25, -0.2) is 4.98 Å². The van der Waals surface area contributed by atoms with E-state index in [1.54, 1.807) is 23.1 Å². The molecule has 2 rings (SSSR count). The molecule has 2 aromatic rings. The summed E-state index contributed by atoms with van der Waals surface area (Å²) in [5.41, 5.74) is 2.07. The second-order valence-corrected chi connectivity index (χ2v) is 3.51. The molecule has 0 aliphatic rings. The highest BCUT2D eigenvalue weighted by atomic mass is 16.3. The molecule has 0 atom stereocenters. The van der Waals surface area contributed by atoms with Gasteiger partial charge < -0.3 is 9.32 Å². The average Bonchev–Trinajstić information content (AvgIpc) is 2.77. The summed E-state index contributed by atoms with van der Waals surface area (Å²) in [6, 6.07) is 5.32. The van der Waals surface area contributed by atoms with Crippen LogP contribution in [-0.4, -0.2) is 28.9 Å². The fourth-order valence-corrected chi connectivity index (χ4v) is 1.68. The average molecular weight is 218 g/mol. The molecule has 1 amide bonds. The first-order valence-corrected chi connectivity index (χ1v) is 5.38. The van der Waals surface area contributed by atoms with E-state index in [-0.39, 0.29) is 5.91 Å². The molecule has 0 unspecified atom stereocenters. The lowest BCUT2D eigenvalue weighted by Crippen LogP contribution is -2.30. The summed E-state index contributed by atoms with van der Waals surface area (Å²) in [4.78, 5) is 17.8. The number of nitrogens with zero attached hydrogens (tertiary/aromatic N) is 2. The molecule has 0 bridgehead atoms. The van der Waals surface area contributed by atoms with Crippen LogP contribution in [-0.2, 0) is 0 Å². The van der Waals surface area contributed by atoms with Gasteiger partial charge in [-0.2, -0.15) is 0 Å². The highest BCUT2D eigenvalue weighted by Crippen LogP contribution is 2.15. The van der Waals surface area contributed by atoms with Crippen molar-refractivity contribution in [3.8, 4) is 0 Å². The molecular weight excluding hydrogens is 204 g/mol. The number of aromatic nitrogens is 1. The largest absolute Gasteiger partial charge is 0.443 e. The van der Waals surface area contributed by atoms with Crippen molar-refractivity contribution in [2.75, 3.05) is 13.1 Å². The fourth-order valence-electron chi connectivity index (χ4n) is 1.68. The van der Waals surface area contributed by atoms with Crippen molar-refractivity contribution in [1.82, 2.24) is 9.88 Å². The molecule has 0 spiro atoms. The number of carbonyl (C=O) groups is 1. The third-order valence-electron chi connectivity index (χ3n) is 2.63. The Hall–Kier alpha value is -1.84. The molecular formula is C12H14N2O2. The van der Waals surface area contributed by atoms with E-state index in [2.05, 4.69) is 4.98 Å². The van der Waals surface area contributed by atoms with Gasteiger partial charge in [0.1, 0.15) is 5.52 Å². The third kappa shape index (κ3) is 1.78. The minimum atomic E-state index is 0.0308. The van der Waals surface area contributed by atoms with Crippen LogP contribution >= 0.6 is 0 Å². The third-order valence-corrected chi connectivity index (χ3v) is 2.63. The second-order valence-electron chi connectivity index (χ2n) is 3.51. The van der Waals surface area contributed by atoms with E-state index in [4.69, 9.17) is 4.42 Å². The lowest BCUT2D eigenvalue weighted by molar-refractivity contribution is 0.0773. The van der Waals surface area contributed by atoms with E-state index in [0.29, 0.717) is 24.2 Å². The molecule has 0 aliphatic carbocycles. The second kappa shape index (κ2) is 4.35. The van der Waals surface area contributed by atoms with Crippen LogP contribution in [0.4, 0.5) is 0 Å². The molecule has 4 heteroatoms. The van der Waals surface area contributed by atoms with Gasteiger partial charge in [0.05, 0.1) is 0 Å². The summed E-state index contributed by atoms with van der Waals surface area (Å²) in [5, 5.41) is 0. The number of carbonyl (C=O) groups excluding carboxylic acids is 1. The molecule has 1 heterocycles. The van der Waals surface area contributed by atoms with Crippen LogP contribution in [0, 0.1) is 0 Å². The predicted molar refractivity (Wildman–Crippen MR) is 61.3 cm³/mol. The van der Waals surface area contributed by atoms with Gasteiger partial charge in [0.25, 0.3) is 5.91 Å². The van der Waals surface area contributed by atoms with Crippen molar-refractivity contribution < 1.29 is 9.21 Å². The Morgan fingerprint density at radius 3 is 2.81 bits per heavy atom. The molecule has 0 saturated carbocycles. The zero-order valence-electron chi connectivity index (χ0n) is 9.43. The first-order chi connectivity index (χ1) is 7.76. The number of benzene rings is 1. The van der Waals surface area contributed by atoms with Crippen LogP contribution in [0.3, 0.4) is 0 Å². The molecule has 1 aromatic heterocycles. The van der Waals surface area contributed by atoms with E-state index >= 15 is 0 Å². The number of rotatable bonds is 3. The molecule has 1 aromatic carbocycles. The van der Waals surface area contributed by atoms with Gasteiger partial charge in [-0.1, -0.05) is 0 Å². The monoisotopic (exact) mass is 218 g/mol. The van der Waals surface area contributed by atoms with Crippen molar-refractivity contribution in [3.05, 3.63) is 30.2 Å². The standard InChI is InChI=1S/C12H14N2O2/c1-3-14(4-2)12(15)9-5-6-10-11(7-9)16-8-13-10/h5-8H,3-4H2,1-2H3. The van der Waals surface area contributed by atoms with Gasteiger partial charge in [-0.05, 0) is 32.0 Å². The fraction of sp³-hybridized carbons (Fsp3) is 0.333. The van der Waals surface area contributed by atoms with Crippen LogP contribution < -0.4 is 0 Å². The Bertz CT molecular complexity index is 500. The smallest absolute Gasteiger partial charge is 0.253 e.